The SMILES string of the molecule is O=C1Nc2ccc(C(=O)N3CCOCC3)cc2NC1CS(=O)(=O)Cc1cccc(Br)c1. The highest BCUT2D eigenvalue weighted by Gasteiger charge is 2.31. The summed E-state index contributed by atoms with van der Waals surface area (Å²) in [5.41, 5.74) is 2.16. The Balaban J connectivity index is 1.49. The van der Waals surface area contributed by atoms with Crippen LogP contribution in [0.5, 0.6) is 0 Å². The molecule has 8 nitrogen and oxygen atoms in total. The van der Waals surface area contributed by atoms with Gasteiger partial charge in [0.2, 0.25) is 5.91 Å². The molecule has 2 aromatic rings. The molecule has 0 saturated carbocycles. The van der Waals surface area contributed by atoms with Gasteiger partial charge in [-0.25, -0.2) is 8.42 Å². The summed E-state index contributed by atoms with van der Waals surface area (Å²) in [7, 11) is -3.56. The van der Waals surface area contributed by atoms with E-state index in [4.69, 9.17) is 4.74 Å². The van der Waals surface area contributed by atoms with E-state index in [0.29, 0.717) is 48.8 Å². The molecule has 4 rings (SSSR count). The maximum absolute atomic E-state index is 12.7. The van der Waals surface area contributed by atoms with Crippen LogP contribution in [0.25, 0.3) is 0 Å². The zero-order chi connectivity index (χ0) is 22.0. The Hall–Kier alpha value is -2.43. The van der Waals surface area contributed by atoms with Crippen LogP contribution in [0.4, 0.5) is 11.4 Å². The molecule has 1 saturated heterocycles. The molecule has 10 heteroatoms. The number of fused-ring (bicyclic) bond motifs is 1. The van der Waals surface area contributed by atoms with Crippen molar-refractivity contribution in [3.8, 4) is 0 Å². The van der Waals surface area contributed by atoms with Gasteiger partial charge in [-0.3, -0.25) is 9.59 Å². The molecule has 2 heterocycles. The van der Waals surface area contributed by atoms with Gasteiger partial charge in [0.05, 0.1) is 36.1 Å². The smallest absolute Gasteiger partial charge is 0.254 e. The molecule has 0 bridgehead atoms. The van der Waals surface area contributed by atoms with Crippen molar-refractivity contribution < 1.29 is 22.7 Å². The quantitative estimate of drug-likeness (QED) is 0.643. The maximum atomic E-state index is 12.7. The van der Waals surface area contributed by atoms with Gasteiger partial charge >= 0.3 is 0 Å². The van der Waals surface area contributed by atoms with Gasteiger partial charge in [-0.1, -0.05) is 28.1 Å². The predicted octanol–water partition coefficient (Wildman–Crippen LogP) is 2.27. The van der Waals surface area contributed by atoms with E-state index in [1.54, 1.807) is 41.3 Å². The summed E-state index contributed by atoms with van der Waals surface area (Å²) in [5.74, 6) is -1.06. The lowest BCUT2D eigenvalue weighted by Gasteiger charge is -2.29. The van der Waals surface area contributed by atoms with Crippen LogP contribution in [0, 0.1) is 0 Å². The largest absolute Gasteiger partial charge is 0.378 e. The number of ether oxygens (including phenoxy) is 1. The molecule has 0 aliphatic carbocycles. The standard InChI is InChI=1S/C21H22BrN3O5S/c22-16-3-1-2-14(10-16)12-31(28,29)13-19-20(26)24-17-5-4-15(11-18(17)23-19)21(27)25-6-8-30-9-7-25/h1-5,10-11,19,23H,6-9,12-13H2,(H,24,26). The molecule has 2 N–H and O–H groups in total. The number of halogens is 1. The van der Waals surface area contributed by atoms with Crippen molar-refractivity contribution in [2.45, 2.75) is 11.8 Å². The highest BCUT2D eigenvalue weighted by Crippen LogP contribution is 2.29. The van der Waals surface area contributed by atoms with Crippen molar-refractivity contribution in [3.63, 3.8) is 0 Å². The first kappa shape index (κ1) is 21.8. The fourth-order valence-electron chi connectivity index (χ4n) is 3.64. The topological polar surface area (TPSA) is 105 Å². The summed E-state index contributed by atoms with van der Waals surface area (Å²) in [6, 6.07) is 11.1. The Labute approximate surface area is 189 Å². The van der Waals surface area contributed by atoms with Crippen molar-refractivity contribution in [3.05, 3.63) is 58.1 Å². The van der Waals surface area contributed by atoms with Crippen LogP contribution in [0.1, 0.15) is 15.9 Å². The summed E-state index contributed by atoms with van der Waals surface area (Å²) in [4.78, 5) is 26.9. The molecule has 2 aliphatic heterocycles. The number of carbonyl (C=O) groups excluding carboxylic acids is 2. The lowest BCUT2D eigenvalue weighted by molar-refractivity contribution is -0.116. The number of carbonyl (C=O) groups is 2. The second-order valence-corrected chi connectivity index (χ2v) is 10.6. The third-order valence-corrected chi connectivity index (χ3v) is 7.27. The molecule has 1 atom stereocenters. The van der Waals surface area contributed by atoms with Crippen LogP contribution < -0.4 is 10.6 Å². The monoisotopic (exact) mass is 507 g/mol. The first-order valence-electron chi connectivity index (χ1n) is 9.84. The molecule has 31 heavy (non-hydrogen) atoms. The highest BCUT2D eigenvalue weighted by atomic mass is 79.9. The Morgan fingerprint density at radius 1 is 1.13 bits per heavy atom. The van der Waals surface area contributed by atoms with Gasteiger partial charge in [0.15, 0.2) is 9.84 Å². The summed E-state index contributed by atoms with van der Waals surface area (Å²) >= 11 is 3.33. The number of hydrogen-bond acceptors (Lipinski definition) is 6. The van der Waals surface area contributed by atoms with Crippen LogP contribution in [0.3, 0.4) is 0 Å². The maximum Gasteiger partial charge on any atom is 0.254 e. The van der Waals surface area contributed by atoms with E-state index in [-0.39, 0.29) is 17.4 Å². The molecular formula is C21H22BrN3O5S. The number of nitrogens with zero attached hydrogens (tertiary/aromatic N) is 1. The Bertz CT molecular complexity index is 1120. The average Bonchev–Trinajstić information content (AvgIpc) is 2.73. The summed E-state index contributed by atoms with van der Waals surface area (Å²) in [6.45, 7) is 2.05. The summed E-state index contributed by atoms with van der Waals surface area (Å²) in [6.07, 6.45) is 0. The van der Waals surface area contributed by atoms with E-state index in [1.807, 2.05) is 6.07 Å². The van der Waals surface area contributed by atoms with Gasteiger partial charge in [-0.2, -0.15) is 0 Å². The molecule has 0 spiro atoms. The number of nitrogens with one attached hydrogen (secondary N) is 2. The van der Waals surface area contributed by atoms with Crippen molar-refractivity contribution in [2.75, 3.05) is 42.7 Å². The fourth-order valence-corrected chi connectivity index (χ4v) is 5.63. The Morgan fingerprint density at radius 3 is 2.65 bits per heavy atom. The number of anilines is 2. The van der Waals surface area contributed by atoms with Crippen molar-refractivity contribution >= 4 is 49.0 Å². The molecule has 0 radical (unpaired) electrons. The molecule has 1 unspecified atom stereocenters. The lowest BCUT2D eigenvalue weighted by atomic mass is 10.1. The first-order valence-corrected chi connectivity index (χ1v) is 12.5. The molecule has 2 amide bonds. The Kier molecular flexibility index (Phi) is 6.31. The Morgan fingerprint density at radius 2 is 1.90 bits per heavy atom. The van der Waals surface area contributed by atoms with E-state index in [1.165, 1.54) is 0 Å². The number of hydrogen-bond donors (Lipinski definition) is 2. The minimum Gasteiger partial charge on any atom is -0.378 e. The van der Waals surface area contributed by atoms with Crippen molar-refractivity contribution in [2.24, 2.45) is 0 Å². The van der Waals surface area contributed by atoms with E-state index in [0.717, 1.165) is 4.47 Å². The summed E-state index contributed by atoms with van der Waals surface area (Å²) < 4.78 is 31.5. The third kappa shape index (κ3) is 5.25. The predicted molar refractivity (Wildman–Crippen MR) is 121 cm³/mol. The minimum absolute atomic E-state index is 0.122. The van der Waals surface area contributed by atoms with Gasteiger partial charge < -0.3 is 20.3 Å². The first-order chi connectivity index (χ1) is 14.8. The molecule has 2 aliphatic rings. The average molecular weight is 508 g/mol. The third-order valence-electron chi connectivity index (χ3n) is 5.17. The molecular weight excluding hydrogens is 486 g/mol. The fraction of sp³-hybridized carbons (Fsp3) is 0.333. The number of amides is 2. The van der Waals surface area contributed by atoms with Crippen LogP contribution in [-0.4, -0.2) is 63.2 Å². The van der Waals surface area contributed by atoms with Crippen LogP contribution >= 0.6 is 15.9 Å². The van der Waals surface area contributed by atoms with E-state index in [2.05, 4.69) is 26.6 Å². The highest BCUT2D eigenvalue weighted by molar-refractivity contribution is 9.10. The number of benzene rings is 2. The second kappa shape index (κ2) is 8.97. The van der Waals surface area contributed by atoms with Gasteiger partial charge in [0.25, 0.3) is 5.91 Å². The molecule has 164 valence electrons. The zero-order valence-electron chi connectivity index (χ0n) is 16.6. The van der Waals surface area contributed by atoms with Gasteiger partial charge in [0, 0.05) is 23.1 Å². The molecule has 1 fully saturated rings. The van der Waals surface area contributed by atoms with Crippen molar-refractivity contribution in [1.82, 2.24) is 4.90 Å². The normalized spacial score (nSPS) is 18.7. The van der Waals surface area contributed by atoms with Crippen molar-refractivity contribution in [1.29, 1.82) is 0 Å². The summed E-state index contributed by atoms with van der Waals surface area (Å²) in [5, 5.41) is 5.74. The minimum atomic E-state index is -3.56. The number of sulfone groups is 1. The van der Waals surface area contributed by atoms with E-state index < -0.39 is 21.8 Å². The molecule has 2 aromatic carbocycles. The number of rotatable bonds is 5. The van der Waals surface area contributed by atoms with E-state index >= 15 is 0 Å². The van der Waals surface area contributed by atoms with Crippen LogP contribution in [0.2, 0.25) is 0 Å². The van der Waals surface area contributed by atoms with Crippen LogP contribution in [-0.2, 0) is 25.1 Å². The van der Waals surface area contributed by atoms with Gasteiger partial charge in [-0.15, -0.1) is 0 Å². The van der Waals surface area contributed by atoms with Gasteiger partial charge in [0.1, 0.15) is 6.04 Å². The van der Waals surface area contributed by atoms with Gasteiger partial charge in [-0.05, 0) is 35.9 Å². The second-order valence-electron chi connectivity index (χ2n) is 7.54. The van der Waals surface area contributed by atoms with E-state index in [9.17, 15) is 18.0 Å². The number of morpholine rings is 1. The van der Waals surface area contributed by atoms with Crippen LogP contribution in [0.15, 0.2) is 46.9 Å². The molecule has 0 aromatic heterocycles. The lowest BCUT2D eigenvalue weighted by Crippen LogP contribution is -2.44. The zero-order valence-corrected chi connectivity index (χ0v) is 19.0.